The van der Waals surface area contributed by atoms with E-state index in [9.17, 15) is 25.0 Å². The van der Waals surface area contributed by atoms with Gasteiger partial charge in [0.25, 0.3) is 17.3 Å². The van der Waals surface area contributed by atoms with E-state index in [2.05, 4.69) is 4.99 Å². The van der Waals surface area contributed by atoms with Gasteiger partial charge in [-0.2, -0.15) is 4.99 Å². The Morgan fingerprint density at radius 2 is 1.63 bits per heavy atom. The van der Waals surface area contributed by atoms with E-state index in [1.54, 1.807) is 11.6 Å². The van der Waals surface area contributed by atoms with Gasteiger partial charge in [-0.05, 0) is 31.0 Å². The molecule has 27 heavy (non-hydrogen) atoms. The van der Waals surface area contributed by atoms with Crippen LogP contribution < -0.4 is 4.80 Å². The van der Waals surface area contributed by atoms with E-state index in [-0.39, 0.29) is 5.56 Å². The molecule has 0 bridgehead atoms. The molecule has 3 aromatic rings. The topological polar surface area (TPSA) is 121 Å². The first-order chi connectivity index (χ1) is 12.7. The molecule has 0 atom stereocenters. The molecule has 0 saturated carbocycles. The van der Waals surface area contributed by atoms with Crippen molar-refractivity contribution in [3.8, 4) is 0 Å². The molecule has 1 aromatic heterocycles. The van der Waals surface area contributed by atoms with Crippen LogP contribution in [-0.2, 0) is 7.05 Å². The molecule has 0 unspecified atom stereocenters. The number of thiazole rings is 1. The van der Waals surface area contributed by atoms with Crippen molar-refractivity contribution in [2.75, 3.05) is 0 Å². The Balaban J connectivity index is 2.16. The van der Waals surface area contributed by atoms with Crippen LogP contribution in [0.25, 0.3) is 10.2 Å². The molecule has 3 rings (SSSR count). The second kappa shape index (κ2) is 6.72. The van der Waals surface area contributed by atoms with Crippen molar-refractivity contribution in [2.45, 2.75) is 13.8 Å². The molecule has 0 saturated heterocycles. The van der Waals surface area contributed by atoms with Crippen molar-refractivity contribution in [3.63, 3.8) is 0 Å². The fourth-order valence-electron chi connectivity index (χ4n) is 2.87. The molecule has 0 spiro atoms. The zero-order chi connectivity index (χ0) is 19.9. The smallest absolute Gasteiger partial charge is 0.280 e. The molecule has 0 aliphatic rings. The Morgan fingerprint density at radius 3 is 2.19 bits per heavy atom. The lowest BCUT2D eigenvalue weighted by Gasteiger charge is -2.01. The minimum absolute atomic E-state index is 0.207. The molecule has 0 N–H and O–H groups in total. The fraction of sp³-hybridized carbons (Fsp3) is 0.176. The summed E-state index contributed by atoms with van der Waals surface area (Å²) in [5.74, 6) is -0.779. The summed E-state index contributed by atoms with van der Waals surface area (Å²) in [5, 5.41) is 22.0. The third kappa shape index (κ3) is 3.47. The number of benzene rings is 2. The minimum atomic E-state index is -0.782. The number of aromatic nitrogens is 1. The summed E-state index contributed by atoms with van der Waals surface area (Å²) in [5.41, 5.74) is 1.77. The molecule has 1 heterocycles. The van der Waals surface area contributed by atoms with Gasteiger partial charge in [0.15, 0.2) is 4.80 Å². The zero-order valence-electron chi connectivity index (χ0n) is 14.6. The van der Waals surface area contributed by atoms with Crippen molar-refractivity contribution < 1.29 is 14.6 Å². The fourth-order valence-corrected chi connectivity index (χ4v) is 4.06. The summed E-state index contributed by atoms with van der Waals surface area (Å²) in [6.45, 7) is 3.92. The van der Waals surface area contributed by atoms with Gasteiger partial charge in [-0.15, -0.1) is 0 Å². The number of rotatable bonds is 3. The standard InChI is InChI=1S/C17H14N4O5S/c1-9-4-10(2)15-14(5-9)27-17(19(15)3)18-16(22)11-6-12(20(23)24)8-13(7-11)21(25)26/h4-8H,1-3H3. The molecule has 0 radical (unpaired) electrons. The molecule has 2 aromatic carbocycles. The van der Waals surface area contributed by atoms with Gasteiger partial charge in [-0.3, -0.25) is 25.0 Å². The third-order valence-corrected chi connectivity index (χ3v) is 5.08. The summed E-state index contributed by atoms with van der Waals surface area (Å²) in [7, 11) is 1.77. The normalized spacial score (nSPS) is 11.7. The van der Waals surface area contributed by atoms with Crippen LogP contribution in [0.2, 0.25) is 0 Å². The SMILES string of the molecule is Cc1cc(C)c2c(c1)sc(=NC(=O)c1cc([N+](=O)[O-])cc([N+](=O)[O-])c1)n2C. The second-order valence-corrected chi connectivity index (χ2v) is 7.05. The highest BCUT2D eigenvalue weighted by atomic mass is 32.1. The number of hydrogen-bond acceptors (Lipinski definition) is 6. The van der Waals surface area contributed by atoms with E-state index in [0.29, 0.717) is 4.80 Å². The number of nitro benzene ring substituents is 2. The van der Waals surface area contributed by atoms with E-state index >= 15 is 0 Å². The van der Waals surface area contributed by atoms with Crippen molar-refractivity contribution >= 4 is 38.8 Å². The lowest BCUT2D eigenvalue weighted by molar-refractivity contribution is -0.394. The number of carbonyl (C=O) groups excluding carboxylic acids is 1. The summed E-state index contributed by atoms with van der Waals surface area (Å²) < 4.78 is 2.71. The number of aryl methyl sites for hydroxylation is 3. The maximum absolute atomic E-state index is 12.5. The van der Waals surface area contributed by atoms with Gasteiger partial charge in [0.05, 0.1) is 31.7 Å². The van der Waals surface area contributed by atoms with Crippen LogP contribution in [0.3, 0.4) is 0 Å². The van der Waals surface area contributed by atoms with Crippen LogP contribution >= 0.6 is 11.3 Å². The number of fused-ring (bicyclic) bond motifs is 1. The summed E-state index contributed by atoms with van der Waals surface area (Å²) in [4.78, 5) is 37.4. The minimum Gasteiger partial charge on any atom is -0.319 e. The van der Waals surface area contributed by atoms with E-state index in [1.165, 1.54) is 11.3 Å². The highest BCUT2D eigenvalue weighted by Gasteiger charge is 2.20. The third-order valence-electron chi connectivity index (χ3n) is 4.00. The van der Waals surface area contributed by atoms with Crippen LogP contribution in [-0.4, -0.2) is 20.3 Å². The summed E-state index contributed by atoms with van der Waals surface area (Å²) in [6.07, 6.45) is 0. The van der Waals surface area contributed by atoms with Gasteiger partial charge in [0.2, 0.25) is 0 Å². The van der Waals surface area contributed by atoms with Gasteiger partial charge in [0, 0.05) is 19.2 Å². The zero-order valence-corrected chi connectivity index (χ0v) is 15.4. The van der Waals surface area contributed by atoms with Crippen molar-refractivity contribution in [1.82, 2.24) is 4.57 Å². The van der Waals surface area contributed by atoms with Crippen LogP contribution in [0.4, 0.5) is 11.4 Å². The van der Waals surface area contributed by atoms with E-state index in [4.69, 9.17) is 0 Å². The summed E-state index contributed by atoms with van der Waals surface area (Å²) >= 11 is 1.30. The molecular weight excluding hydrogens is 372 g/mol. The molecule has 9 nitrogen and oxygen atoms in total. The first-order valence-electron chi connectivity index (χ1n) is 7.77. The number of non-ortho nitro benzene ring substituents is 2. The molecule has 0 aliphatic heterocycles. The molecular formula is C17H14N4O5S. The monoisotopic (exact) mass is 386 g/mol. The highest BCUT2D eigenvalue weighted by Crippen LogP contribution is 2.24. The number of nitrogens with zero attached hydrogens (tertiary/aromatic N) is 4. The van der Waals surface area contributed by atoms with Gasteiger partial charge >= 0.3 is 0 Å². The average molecular weight is 386 g/mol. The Bertz CT molecular complexity index is 1160. The second-order valence-electron chi connectivity index (χ2n) is 6.04. The molecule has 1 amide bonds. The van der Waals surface area contributed by atoms with Crippen LogP contribution in [0.1, 0.15) is 21.5 Å². The largest absolute Gasteiger partial charge is 0.319 e. The average Bonchev–Trinajstić information content (AvgIpc) is 2.89. The predicted octanol–water partition coefficient (Wildman–Crippen LogP) is 3.41. The highest BCUT2D eigenvalue weighted by molar-refractivity contribution is 7.16. The Kier molecular flexibility index (Phi) is 4.58. The number of amides is 1. The summed E-state index contributed by atoms with van der Waals surface area (Å²) in [6, 6.07) is 6.78. The van der Waals surface area contributed by atoms with Crippen LogP contribution in [0, 0.1) is 34.1 Å². The maximum Gasteiger partial charge on any atom is 0.280 e. The maximum atomic E-state index is 12.5. The van der Waals surface area contributed by atoms with Gasteiger partial charge in [-0.1, -0.05) is 17.4 Å². The van der Waals surface area contributed by atoms with Crippen molar-refractivity contribution in [1.29, 1.82) is 0 Å². The molecule has 138 valence electrons. The molecule has 10 heteroatoms. The van der Waals surface area contributed by atoms with Crippen LogP contribution in [0.5, 0.6) is 0 Å². The Labute approximate surface area is 156 Å². The molecule has 0 fully saturated rings. The van der Waals surface area contributed by atoms with Crippen molar-refractivity contribution in [2.24, 2.45) is 12.0 Å². The van der Waals surface area contributed by atoms with E-state index < -0.39 is 27.1 Å². The lowest BCUT2D eigenvalue weighted by atomic mass is 10.1. The Morgan fingerprint density at radius 1 is 1.04 bits per heavy atom. The first kappa shape index (κ1) is 18.4. The molecule has 0 aliphatic carbocycles. The van der Waals surface area contributed by atoms with Gasteiger partial charge in [0.1, 0.15) is 0 Å². The van der Waals surface area contributed by atoms with E-state index in [1.807, 2.05) is 26.0 Å². The van der Waals surface area contributed by atoms with E-state index in [0.717, 1.165) is 39.5 Å². The number of carbonyl (C=O) groups is 1. The predicted molar refractivity (Wildman–Crippen MR) is 99.9 cm³/mol. The van der Waals surface area contributed by atoms with Crippen LogP contribution in [0.15, 0.2) is 35.3 Å². The van der Waals surface area contributed by atoms with Crippen molar-refractivity contribution in [3.05, 3.63) is 72.1 Å². The lowest BCUT2D eigenvalue weighted by Crippen LogP contribution is -2.14. The quantitative estimate of drug-likeness (QED) is 0.504. The Hall–Kier alpha value is -3.40. The first-order valence-corrected chi connectivity index (χ1v) is 8.58. The van der Waals surface area contributed by atoms with Gasteiger partial charge in [-0.25, -0.2) is 0 Å². The number of hydrogen-bond donors (Lipinski definition) is 0. The van der Waals surface area contributed by atoms with Gasteiger partial charge < -0.3 is 4.57 Å². The number of nitro groups is 2.